The maximum atomic E-state index is 12.8. The molecule has 4 heteroatoms. The Kier molecular flexibility index (Phi) is 5.64. The maximum absolute atomic E-state index is 12.8. The average molecular weight is 357 g/mol. The molecular weight excluding hydrogens is 332 g/mol. The third-order valence-corrected chi connectivity index (χ3v) is 5.28. The third-order valence-electron chi connectivity index (χ3n) is 4.97. The fraction of sp³-hybridized carbons (Fsp3) is 0.381. The van der Waals surface area contributed by atoms with Crippen LogP contribution in [0.1, 0.15) is 28.8 Å². The molecule has 1 amide bonds. The minimum absolute atomic E-state index is 0.0495. The van der Waals surface area contributed by atoms with E-state index in [4.69, 9.17) is 11.6 Å². The van der Waals surface area contributed by atoms with Crippen LogP contribution in [0.15, 0.2) is 48.5 Å². The average Bonchev–Trinajstić information content (AvgIpc) is 2.62. The SMILES string of the molecule is CN(C)c1ccc(C(=O)N2CCC(Cc3ccccc3)CC2)c(Cl)c1. The van der Waals surface area contributed by atoms with Gasteiger partial charge in [-0.15, -0.1) is 0 Å². The molecule has 3 rings (SSSR count). The lowest BCUT2D eigenvalue weighted by Gasteiger charge is -2.32. The van der Waals surface area contributed by atoms with Crippen LogP contribution in [0.5, 0.6) is 0 Å². The van der Waals surface area contributed by atoms with Crippen molar-refractivity contribution in [1.29, 1.82) is 0 Å². The monoisotopic (exact) mass is 356 g/mol. The van der Waals surface area contributed by atoms with Crippen molar-refractivity contribution >= 4 is 23.2 Å². The van der Waals surface area contributed by atoms with Gasteiger partial charge in [-0.25, -0.2) is 0 Å². The van der Waals surface area contributed by atoms with E-state index >= 15 is 0 Å². The highest BCUT2D eigenvalue weighted by molar-refractivity contribution is 6.34. The highest BCUT2D eigenvalue weighted by Gasteiger charge is 2.25. The first kappa shape index (κ1) is 17.8. The largest absolute Gasteiger partial charge is 0.378 e. The summed E-state index contributed by atoms with van der Waals surface area (Å²) in [4.78, 5) is 16.7. The number of piperidine rings is 1. The molecule has 1 aliphatic heterocycles. The number of carbonyl (C=O) groups is 1. The molecule has 3 nitrogen and oxygen atoms in total. The summed E-state index contributed by atoms with van der Waals surface area (Å²) in [6.45, 7) is 1.62. The van der Waals surface area contributed by atoms with Crippen molar-refractivity contribution in [3.8, 4) is 0 Å². The molecule has 2 aromatic carbocycles. The molecule has 0 aliphatic carbocycles. The molecule has 132 valence electrons. The molecule has 0 unspecified atom stereocenters. The van der Waals surface area contributed by atoms with Gasteiger partial charge < -0.3 is 9.80 Å². The van der Waals surface area contributed by atoms with Crippen molar-refractivity contribution in [2.75, 3.05) is 32.1 Å². The molecule has 2 aromatic rings. The van der Waals surface area contributed by atoms with Crippen molar-refractivity contribution in [3.63, 3.8) is 0 Å². The Morgan fingerprint density at radius 1 is 1.12 bits per heavy atom. The van der Waals surface area contributed by atoms with E-state index in [1.54, 1.807) is 0 Å². The van der Waals surface area contributed by atoms with Crippen molar-refractivity contribution < 1.29 is 4.79 Å². The zero-order valence-corrected chi connectivity index (χ0v) is 15.7. The van der Waals surface area contributed by atoms with Gasteiger partial charge in [0.2, 0.25) is 0 Å². The first-order chi connectivity index (χ1) is 12.0. The number of hydrogen-bond donors (Lipinski definition) is 0. The van der Waals surface area contributed by atoms with Gasteiger partial charge >= 0.3 is 0 Å². The number of amides is 1. The van der Waals surface area contributed by atoms with E-state index < -0.39 is 0 Å². The standard InChI is InChI=1S/C21H25ClN2O/c1-23(2)18-8-9-19(20(22)15-18)21(25)24-12-10-17(11-13-24)14-16-6-4-3-5-7-16/h3-9,15,17H,10-14H2,1-2H3. The second kappa shape index (κ2) is 7.92. The van der Waals surface area contributed by atoms with Crippen LogP contribution in [0.4, 0.5) is 5.69 Å². The Morgan fingerprint density at radius 2 is 1.80 bits per heavy atom. The van der Waals surface area contributed by atoms with Gasteiger partial charge in [-0.05, 0) is 48.9 Å². The first-order valence-corrected chi connectivity index (χ1v) is 9.22. The summed E-state index contributed by atoms with van der Waals surface area (Å²) >= 11 is 6.35. The Bertz CT molecular complexity index is 722. The predicted molar refractivity (Wildman–Crippen MR) is 105 cm³/mol. The van der Waals surface area contributed by atoms with Gasteiger partial charge in [0.1, 0.15) is 0 Å². The molecule has 0 aromatic heterocycles. The van der Waals surface area contributed by atoms with Crippen LogP contribution in [-0.4, -0.2) is 38.0 Å². The zero-order valence-electron chi connectivity index (χ0n) is 14.9. The lowest BCUT2D eigenvalue weighted by molar-refractivity contribution is 0.0691. The lowest BCUT2D eigenvalue weighted by atomic mass is 9.90. The van der Waals surface area contributed by atoms with Gasteiger partial charge in [-0.3, -0.25) is 4.79 Å². The molecule has 0 saturated carbocycles. The van der Waals surface area contributed by atoms with E-state index in [0.29, 0.717) is 16.5 Å². The summed E-state index contributed by atoms with van der Waals surface area (Å²) in [5.41, 5.74) is 2.99. The molecule has 0 N–H and O–H groups in total. The number of rotatable bonds is 4. The lowest BCUT2D eigenvalue weighted by Crippen LogP contribution is -2.39. The fourth-order valence-corrected chi connectivity index (χ4v) is 3.67. The van der Waals surface area contributed by atoms with Crippen LogP contribution in [0.2, 0.25) is 5.02 Å². The van der Waals surface area contributed by atoms with Crippen LogP contribution in [0.3, 0.4) is 0 Å². The molecule has 0 radical (unpaired) electrons. The second-order valence-electron chi connectivity index (χ2n) is 6.98. The van der Waals surface area contributed by atoms with E-state index in [-0.39, 0.29) is 5.91 Å². The fourth-order valence-electron chi connectivity index (χ4n) is 3.41. The van der Waals surface area contributed by atoms with Crippen LogP contribution < -0.4 is 4.90 Å². The van der Waals surface area contributed by atoms with Gasteiger partial charge in [0.15, 0.2) is 0 Å². The molecule has 0 bridgehead atoms. The Hall–Kier alpha value is -2.00. The minimum atomic E-state index is 0.0495. The topological polar surface area (TPSA) is 23.6 Å². The predicted octanol–water partition coefficient (Wildman–Crippen LogP) is 4.50. The van der Waals surface area contributed by atoms with E-state index in [0.717, 1.165) is 38.0 Å². The number of benzene rings is 2. The summed E-state index contributed by atoms with van der Waals surface area (Å²) in [7, 11) is 3.93. The summed E-state index contributed by atoms with van der Waals surface area (Å²) in [5, 5.41) is 0.530. The van der Waals surface area contributed by atoms with E-state index in [9.17, 15) is 4.79 Å². The number of anilines is 1. The molecule has 25 heavy (non-hydrogen) atoms. The Balaban J connectivity index is 1.60. The Morgan fingerprint density at radius 3 is 2.40 bits per heavy atom. The molecule has 0 atom stereocenters. The highest BCUT2D eigenvalue weighted by Crippen LogP contribution is 2.27. The van der Waals surface area contributed by atoms with Gasteiger partial charge in [0.25, 0.3) is 5.91 Å². The van der Waals surface area contributed by atoms with Gasteiger partial charge in [-0.1, -0.05) is 41.9 Å². The van der Waals surface area contributed by atoms with Crippen molar-refractivity contribution in [2.24, 2.45) is 5.92 Å². The Labute approximate surface area is 155 Å². The van der Waals surface area contributed by atoms with Crippen molar-refractivity contribution in [3.05, 3.63) is 64.7 Å². The molecule has 1 fully saturated rings. The van der Waals surface area contributed by atoms with Gasteiger partial charge in [0, 0.05) is 32.9 Å². The third kappa shape index (κ3) is 4.35. The maximum Gasteiger partial charge on any atom is 0.255 e. The van der Waals surface area contributed by atoms with Crippen LogP contribution in [0, 0.1) is 5.92 Å². The highest BCUT2D eigenvalue weighted by atomic mass is 35.5. The number of nitrogens with zero attached hydrogens (tertiary/aromatic N) is 2. The van der Waals surface area contributed by atoms with E-state index in [1.807, 2.05) is 42.1 Å². The van der Waals surface area contributed by atoms with Crippen LogP contribution in [0.25, 0.3) is 0 Å². The van der Waals surface area contributed by atoms with Gasteiger partial charge in [-0.2, -0.15) is 0 Å². The van der Waals surface area contributed by atoms with Crippen LogP contribution in [-0.2, 0) is 6.42 Å². The minimum Gasteiger partial charge on any atom is -0.378 e. The number of hydrogen-bond acceptors (Lipinski definition) is 2. The zero-order chi connectivity index (χ0) is 17.8. The van der Waals surface area contributed by atoms with Crippen LogP contribution >= 0.6 is 11.6 Å². The number of halogens is 1. The summed E-state index contributed by atoms with van der Waals surface area (Å²) in [5.74, 6) is 0.700. The second-order valence-corrected chi connectivity index (χ2v) is 7.39. The molecule has 1 heterocycles. The molecule has 1 saturated heterocycles. The molecule has 0 spiro atoms. The number of likely N-dealkylation sites (tertiary alicyclic amines) is 1. The van der Waals surface area contributed by atoms with Crippen molar-refractivity contribution in [2.45, 2.75) is 19.3 Å². The molecule has 1 aliphatic rings. The number of carbonyl (C=O) groups excluding carboxylic acids is 1. The summed E-state index contributed by atoms with van der Waals surface area (Å²) in [6, 6.07) is 16.2. The van der Waals surface area contributed by atoms with E-state index in [1.165, 1.54) is 5.56 Å². The molecular formula is C21H25ClN2O. The first-order valence-electron chi connectivity index (χ1n) is 8.84. The smallest absolute Gasteiger partial charge is 0.255 e. The summed E-state index contributed by atoms with van der Waals surface area (Å²) in [6.07, 6.45) is 3.20. The summed E-state index contributed by atoms with van der Waals surface area (Å²) < 4.78 is 0. The quantitative estimate of drug-likeness (QED) is 0.805. The van der Waals surface area contributed by atoms with Gasteiger partial charge in [0.05, 0.1) is 10.6 Å². The van der Waals surface area contributed by atoms with Crippen molar-refractivity contribution in [1.82, 2.24) is 4.90 Å². The van der Waals surface area contributed by atoms with E-state index in [2.05, 4.69) is 30.3 Å². The normalized spacial score (nSPS) is 15.2.